The molecule has 1 saturated heterocycles. The standard InChI is InChI=1S/C17H26N2O4/c1-17(2,3)23-16(21)18-14-5-4-9-19(11-14)15(20)7-6-13-8-10-22-12-13/h8,10,12,14H,4-7,9,11H2,1-3H3,(H,18,21)/t14-/m1/s1. The molecule has 0 aromatic carbocycles. The number of hydrogen-bond acceptors (Lipinski definition) is 4. The van der Waals surface area contributed by atoms with Crippen molar-refractivity contribution in [3.8, 4) is 0 Å². The van der Waals surface area contributed by atoms with Crippen molar-refractivity contribution in [1.29, 1.82) is 0 Å². The average molecular weight is 322 g/mol. The lowest BCUT2D eigenvalue weighted by molar-refractivity contribution is -0.132. The number of carbonyl (C=O) groups excluding carboxylic acids is 2. The van der Waals surface area contributed by atoms with Crippen LogP contribution in [-0.4, -0.2) is 41.6 Å². The van der Waals surface area contributed by atoms with Gasteiger partial charge in [-0.05, 0) is 51.7 Å². The van der Waals surface area contributed by atoms with E-state index >= 15 is 0 Å². The molecule has 1 fully saturated rings. The van der Waals surface area contributed by atoms with E-state index in [4.69, 9.17) is 9.15 Å². The fourth-order valence-electron chi connectivity index (χ4n) is 2.64. The Hall–Kier alpha value is -1.98. The van der Waals surface area contributed by atoms with Crippen LogP contribution in [0.1, 0.15) is 45.6 Å². The average Bonchev–Trinajstić information content (AvgIpc) is 2.96. The van der Waals surface area contributed by atoms with Gasteiger partial charge in [-0.1, -0.05) is 0 Å². The molecule has 23 heavy (non-hydrogen) atoms. The Bertz CT molecular complexity index is 519. The van der Waals surface area contributed by atoms with Gasteiger partial charge < -0.3 is 19.4 Å². The zero-order chi connectivity index (χ0) is 16.9. The molecule has 0 unspecified atom stereocenters. The first kappa shape index (κ1) is 17.4. The Balaban J connectivity index is 1.78. The summed E-state index contributed by atoms with van der Waals surface area (Å²) in [4.78, 5) is 26.0. The summed E-state index contributed by atoms with van der Waals surface area (Å²) in [6.45, 7) is 6.79. The molecule has 1 aromatic heterocycles. The zero-order valence-electron chi connectivity index (χ0n) is 14.1. The first-order chi connectivity index (χ1) is 10.8. The molecule has 0 radical (unpaired) electrons. The minimum Gasteiger partial charge on any atom is -0.472 e. The molecule has 2 heterocycles. The van der Waals surface area contributed by atoms with Gasteiger partial charge in [0.15, 0.2) is 0 Å². The lowest BCUT2D eigenvalue weighted by Crippen LogP contribution is -2.50. The van der Waals surface area contributed by atoms with E-state index in [0.29, 0.717) is 19.4 Å². The lowest BCUT2D eigenvalue weighted by Gasteiger charge is -2.33. The van der Waals surface area contributed by atoms with Crippen LogP contribution in [-0.2, 0) is 16.0 Å². The number of nitrogens with zero attached hydrogens (tertiary/aromatic N) is 1. The second-order valence-corrected chi connectivity index (χ2v) is 6.96. The molecular weight excluding hydrogens is 296 g/mol. The summed E-state index contributed by atoms with van der Waals surface area (Å²) >= 11 is 0. The van der Waals surface area contributed by atoms with Crippen LogP contribution in [0.25, 0.3) is 0 Å². The van der Waals surface area contributed by atoms with Gasteiger partial charge in [-0.15, -0.1) is 0 Å². The zero-order valence-corrected chi connectivity index (χ0v) is 14.1. The lowest BCUT2D eigenvalue weighted by atomic mass is 10.0. The minimum atomic E-state index is -0.515. The Morgan fingerprint density at radius 3 is 2.87 bits per heavy atom. The Morgan fingerprint density at radius 2 is 2.22 bits per heavy atom. The van der Waals surface area contributed by atoms with Crippen LogP contribution >= 0.6 is 0 Å². The molecule has 0 spiro atoms. The van der Waals surface area contributed by atoms with Crippen LogP contribution in [0.4, 0.5) is 4.79 Å². The predicted molar refractivity (Wildman–Crippen MR) is 86.0 cm³/mol. The van der Waals surface area contributed by atoms with Gasteiger partial charge in [-0.3, -0.25) is 4.79 Å². The molecule has 128 valence electrons. The number of carbonyl (C=O) groups is 2. The highest BCUT2D eigenvalue weighted by molar-refractivity contribution is 5.76. The van der Waals surface area contributed by atoms with Gasteiger partial charge in [0.25, 0.3) is 0 Å². The Kier molecular flexibility index (Phi) is 5.69. The number of aryl methyl sites for hydroxylation is 1. The first-order valence-corrected chi connectivity index (χ1v) is 8.12. The highest BCUT2D eigenvalue weighted by Crippen LogP contribution is 2.14. The number of nitrogens with one attached hydrogen (secondary N) is 1. The van der Waals surface area contributed by atoms with E-state index in [1.165, 1.54) is 0 Å². The number of hydrogen-bond donors (Lipinski definition) is 1. The van der Waals surface area contributed by atoms with Crippen LogP contribution < -0.4 is 5.32 Å². The Morgan fingerprint density at radius 1 is 1.43 bits per heavy atom. The minimum absolute atomic E-state index is 0.0449. The summed E-state index contributed by atoms with van der Waals surface area (Å²) in [6, 6.07) is 1.83. The van der Waals surface area contributed by atoms with Crippen LogP contribution in [0.3, 0.4) is 0 Å². The molecule has 1 aromatic rings. The highest BCUT2D eigenvalue weighted by atomic mass is 16.6. The van der Waals surface area contributed by atoms with Crippen LogP contribution in [0.5, 0.6) is 0 Å². The molecule has 2 amide bonds. The summed E-state index contributed by atoms with van der Waals surface area (Å²) in [5, 5.41) is 2.86. The van der Waals surface area contributed by atoms with Crippen molar-refractivity contribution < 1.29 is 18.7 Å². The van der Waals surface area contributed by atoms with Crippen molar-refractivity contribution in [2.75, 3.05) is 13.1 Å². The van der Waals surface area contributed by atoms with Crippen LogP contribution in [0.2, 0.25) is 0 Å². The molecule has 1 N–H and O–H groups in total. The molecule has 0 saturated carbocycles. The van der Waals surface area contributed by atoms with Gasteiger partial charge in [0.05, 0.1) is 12.5 Å². The summed E-state index contributed by atoms with van der Waals surface area (Å²) in [7, 11) is 0. The number of amides is 2. The van der Waals surface area contributed by atoms with Crippen molar-refractivity contribution in [3.05, 3.63) is 24.2 Å². The maximum atomic E-state index is 12.3. The fourth-order valence-corrected chi connectivity index (χ4v) is 2.64. The van der Waals surface area contributed by atoms with Crippen LogP contribution in [0.15, 0.2) is 23.0 Å². The van der Waals surface area contributed by atoms with Crippen LogP contribution in [0, 0.1) is 0 Å². The third kappa shape index (κ3) is 5.96. The second kappa shape index (κ2) is 7.53. The van der Waals surface area contributed by atoms with Gasteiger partial charge in [0.1, 0.15) is 5.60 Å². The van der Waals surface area contributed by atoms with Crippen molar-refractivity contribution in [3.63, 3.8) is 0 Å². The SMILES string of the molecule is CC(C)(C)OC(=O)N[C@@H]1CCCN(C(=O)CCc2ccoc2)C1. The fraction of sp³-hybridized carbons (Fsp3) is 0.647. The third-order valence-electron chi connectivity index (χ3n) is 3.70. The van der Waals surface area contributed by atoms with Gasteiger partial charge in [-0.2, -0.15) is 0 Å². The van der Waals surface area contributed by atoms with E-state index < -0.39 is 11.7 Å². The number of piperidine rings is 1. The summed E-state index contributed by atoms with van der Waals surface area (Å²) in [5.41, 5.74) is 0.512. The van der Waals surface area contributed by atoms with E-state index in [-0.39, 0.29) is 11.9 Å². The molecular formula is C17H26N2O4. The van der Waals surface area contributed by atoms with Crippen molar-refractivity contribution in [2.45, 2.75) is 58.1 Å². The van der Waals surface area contributed by atoms with Gasteiger partial charge >= 0.3 is 6.09 Å². The molecule has 0 bridgehead atoms. The quantitative estimate of drug-likeness (QED) is 0.925. The molecule has 1 atom stereocenters. The summed E-state index contributed by atoms with van der Waals surface area (Å²) < 4.78 is 10.3. The first-order valence-electron chi connectivity index (χ1n) is 8.12. The van der Waals surface area contributed by atoms with E-state index in [1.54, 1.807) is 12.5 Å². The number of ether oxygens (including phenoxy) is 1. The highest BCUT2D eigenvalue weighted by Gasteiger charge is 2.26. The van der Waals surface area contributed by atoms with Crippen molar-refractivity contribution in [1.82, 2.24) is 10.2 Å². The van der Waals surface area contributed by atoms with Gasteiger partial charge in [0.2, 0.25) is 5.91 Å². The van der Waals surface area contributed by atoms with E-state index in [9.17, 15) is 9.59 Å². The molecule has 1 aliphatic heterocycles. The maximum absolute atomic E-state index is 12.3. The predicted octanol–water partition coefficient (Wildman–Crippen LogP) is 2.73. The van der Waals surface area contributed by atoms with Crippen molar-refractivity contribution in [2.24, 2.45) is 0 Å². The molecule has 6 nitrogen and oxygen atoms in total. The molecule has 1 aliphatic rings. The summed E-state index contributed by atoms with van der Waals surface area (Å²) in [5.74, 6) is 0.113. The third-order valence-corrected chi connectivity index (χ3v) is 3.70. The normalized spacial score (nSPS) is 18.6. The smallest absolute Gasteiger partial charge is 0.407 e. The maximum Gasteiger partial charge on any atom is 0.407 e. The van der Waals surface area contributed by atoms with E-state index in [2.05, 4.69) is 5.32 Å². The molecule has 2 rings (SSSR count). The number of likely N-dealkylation sites (tertiary alicyclic amines) is 1. The number of rotatable bonds is 4. The Labute approximate surface area is 137 Å². The topological polar surface area (TPSA) is 71.8 Å². The van der Waals surface area contributed by atoms with Gasteiger partial charge in [-0.25, -0.2) is 4.79 Å². The summed E-state index contributed by atoms with van der Waals surface area (Å²) in [6.07, 6.45) is 5.74. The van der Waals surface area contributed by atoms with E-state index in [1.807, 2.05) is 31.7 Å². The second-order valence-electron chi connectivity index (χ2n) is 6.96. The van der Waals surface area contributed by atoms with Gasteiger partial charge in [0, 0.05) is 25.6 Å². The molecule has 6 heteroatoms. The van der Waals surface area contributed by atoms with E-state index in [0.717, 1.165) is 24.9 Å². The monoisotopic (exact) mass is 322 g/mol. The number of furan rings is 1. The molecule has 0 aliphatic carbocycles. The van der Waals surface area contributed by atoms with Crippen molar-refractivity contribution >= 4 is 12.0 Å². The largest absolute Gasteiger partial charge is 0.472 e. The number of alkyl carbamates (subject to hydrolysis) is 1.